The Morgan fingerprint density at radius 2 is 1.95 bits per heavy atom. The summed E-state index contributed by atoms with van der Waals surface area (Å²) in [6, 6.07) is 0. The number of nitrogens with two attached hydrogens (primary N) is 1. The summed E-state index contributed by atoms with van der Waals surface area (Å²) in [5, 5.41) is 9.56. The van der Waals surface area contributed by atoms with E-state index in [1.807, 2.05) is 0 Å². The monoisotopic (exact) mass is 286 g/mol. The first-order valence-electron chi connectivity index (χ1n) is 6.85. The molecular formula is C14H26N2O2S. The van der Waals surface area contributed by atoms with Crippen LogP contribution in [0.15, 0.2) is 0 Å². The second kappa shape index (κ2) is 4.93. The summed E-state index contributed by atoms with van der Waals surface area (Å²) >= 11 is 4.93. The van der Waals surface area contributed by atoms with Crippen molar-refractivity contribution < 1.29 is 9.90 Å². The molecule has 0 aliphatic carbocycles. The van der Waals surface area contributed by atoms with Gasteiger partial charge in [0.2, 0.25) is 5.91 Å². The number of rotatable bonds is 4. The van der Waals surface area contributed by atoms with Crippen LogP contribution in [-0.4, -0.2) is 33.2 Å². The smallest absolute Gasteiger partial charge is 0.257 e. The summed E-state index contributed by atoms with van der Waals surface area (Å²) in [7, 11) is 0. The largest absolute Gasteiger partial charge is 0.486 e. The number of thiocarbonyl (C=S) groups is 1. The third-order valence-electron chi connectivity index (χ3n) is 5.63. The van der Waals surface area contributed by atoms with Gasteiger partial charge in [-0.3, -0.25) is 4.79 Å². The van der Waals surface area contributed by atoms with Crippen LogP contribution in [0.1, 0.15) is 53.9 Å². The first kappa shape index (κ1) is 16.2. The van der Waals surface area contributed by atoms with E-state index in [0.29, 0.717) is 13.0 Å². The van der Waals surface area contributed by atoms with E-state index in [4.69, 9.17) is 18.0 Å². The van der Waals surface area contributed by atoms with Gasteiger partial charge in [0.15, 0.2) is 0 Å². The maximum Gasteiger partial charge on any atom is 0.257 e. The number of amides is 1. The molecule has 0 radical (unpaired) electrons. The van der Waals surface area contributed by atoms with Crippen LogP contribution in [0.4, 0.5) is 0 Å². The average molecular weight is 286 g/mol. The number of hydrogen-bond donors (Lipinski definition) is 2. The lowest BCUT2D eigenvalue weighted by molar-refractivity contribution is -0.140. The molecule has 1 atom stereocenters. The van der Waals surface area contributed by atoms with E-state index in [9.17, 15) is 9.90 Å². The first-order chi connectivity index (χ1) is 8.54. The zero-order chi connectivity index (χ0) is 15.1. The molecule has 4 nitrogen and oxygen atoms in total. The Labute approximate surface area is 121 Å². The van der Waals surface area contributed by atoms with Gasteiger partial charge in [0.25, 0.3) is 5.17 Å². The van der Waals surface area contributed by atoms with E-state index in [-0.39, 0.29) is 10.6 Å². The molecule has 3 N–H and O–H groups in total. The third kappa shape index (κ3) is 2.12. The van der Waals surface area contributed by atoms with Crippen molar-refractivity contribution in [3.8, 4) is 0 Å². The van der Waals surface area contributed by atoms with E-state index in [1.165, 1.54) is 0 Å². The molecule has 0 aromatic rings. The van der Waals surface area contributed by atoms with E-state index in [2.05, 4.69) is 34.6 Å². The molecule has 1 rings (SSSR count). The van der Waals surface area contributed by atoms with Crippen LogP contribution in [0, 0.1) is 10.8 Å². The van der Waals surface area contributed by atoms with Crippen LogP contribution in [0.2, 0.25) is 0 Å². The summed E-state index contributed by atoms with van der Waals surface area (Å²) < 4.78 is 0. The normalized spacial score (nSPS) is 24.6. The van der Waals surface area contributed by atoms with E-state index in [0.717, 1.165) is 12.8 Å². The van der Waals surface area contributed by atoms with Crippen LogP contribution in [-0.2, 0) is 4.79 Å². The Hall–Kier alpha value is -0.840. The van der Waals surface area contributed by atoms with E-state index < -0.39 is 16.9 Å². The standard InChI is InChI=1S/C14H26N2O2S/c1-6-12(2,3)13(4,5)14(10(15)17)8-7-9-16(14)11(18)19/h6-9H2,1-5H3,(H2,15,17)(H,18,19). The fourth-order valence-electron chi connectivity index (χ4n) is 3.29. The molecule has 1 unspecified atom stereocenters. The summed E-state index contributed by atoms with van der Waals surface area (Å²) in [6.07, 6.45) is 2.37. The summed E-state index contributed by atoms with van der Waals surface area (Å²) in [4.78, 5) is 13.9. The fraction of sp³-hybridized carbons (Fsp3) is 0.857. The van der Waals surface area contributed by atoms with Crippen LogP contribution in [0.3, 0.4) is 0 Å². The summed E-state index contributed by atoms with van der Waals surface area (Å²) in [6.45, 7) is 11.1. The van der Waals surface area contributed by atoms with Crippen molar-refractivity contribution >= 4 is 23.3 Å². The minimum atomic E-state index is -0.904. The van der Waals surface area contributed by atoms with Crippen molar-refractivity contribution in [3.05, 3.63) is 0 Å². The summed E-state index contributed by atoms with van der Waals surface area (Å²) in [5.74, 6) is -0.395. The first-order valence-corrected chi connectivity index (χ1v) is 7.26. The molecule has 19 heavy (non-hydrogen) atoms. The average Bonchev–Trinajstić information content (AvgIpc) is 2.74. The number of carbonyl (C=O) groups excluding carboxylic acids is 1. The number of nitrogens with zero attached hydrogens (tertiary/aromatic N) is 1. The highest BCUT2D eigenvalue weighted by atomic mass is 32.1. The van der Waals surface area contributed by atoms with Gasteiger partial charge in [-0.2, -0.15) is 0 Å². The van der Waals surface area contributed by atoms with Crippen molar-refractivity contribution in [3.63, 3.8) is 0 Å². The topological polar surface area (TPSA) is 66.6 Å². The van der Waals surface area contributed by atoms with Gasteiger partial charge in [-0.1, -0.05) is 41.0 Å². The molecule has 0 aromatic carbocycles. The third-order valence-corrected chi connectivity index (χ3v) is 5.85. The Morgan fingerprint density at radius 3 is 2.32 bits per heavy atom. The quantitative estimate of drug-likeness (QED) is 0.780. The molecule has 1 aliphatic rings. The Kier molecular flexibility index (Phi) is 4.20. The lowest BCUT2D eigenvalue weighted by atomic mass is 9.55. The maximum atomic E-state index is 12.3. The Balaban J connectivity index is 3.43. The Morgan fingerprint density at radius 1 is 1.42 bits per heavy atom. The van der Waals surface area contributed by atoms with Gasteiger partial charge >= 0.3 is 0 Å². The van der Waals surface area contributed by atoms with Crippen LogP contribution >= 0.6 is 12.2 Å². The van der Waals surface area contributed by atoms with Crippen LogP contribution < -0.4 is 5.73 Å². The van der Waals surface area contributed by atoms with Gasteiger partial charge in [-0.25, -0.2) is 0 Å². The predicted octanol–water partition coefficient (Wildman–Crippen LogP) is 2.61. The molecule has 1 saturated heterocycles. The molecule has 0 aromatic heterocycles. The minimum absolute atomic E-state index is 0.102. The van der Waals surface area contributed by atoms with Gasteiger partial charge in [-0.05, 0) is 30.5 Å². The SMILES string of the molecule is CCC(C)(C)C(C)(C)C1(C(N)=O)CCCN1C(O)=S. The number of primary amides is 1. The number of aliphatic hydroxyl groups excluding tert-OH is 1. The van der Waals surface area contributed by atoms with Gasteiger partial charge in [-0.15, -0.1) is 0 Å². The second-order valence-electron chi connectivity index (χ2n) is 6.62. The van der Waals surface area contributed by atoms with Crippen molar-refractivity contribution in [2.75, 3.05) is 6.54 Å². The number of hydrogen-bond acceptors (Lipinski definition) is 2. The highest BCUT2D eigenvalue weighted by Gasteiger charge is 2.61. The molecule has 110 valence electrons. The zero-order valence-corrected chi connectivity index (χ0v) is 13.4. The van der Waals surface area contributed by atoms with Crippen LogP contribution in [0.25, 0.3) is 0 Å². The number of aliphatic hydroxyl groups is 1. The minimum Gasteiger partial charge on any atom is -0.486 e. The summed E-state index contributed by atoms with van der Waals surface area (Å²) in [5.41, 5.74) is 4.34. The number of carbonyl (C=O) groups is 1. The van der Waals surface area contributed by atoms with Crippen molar-refractivity contribution in [1.82, 2.24) is 4.90 Å². The molecule has 1 aliphatic heterocycles. The van der Waals surface area contributed by atoms with E-state index in [1.54, 1.807) is 4.90 Å². The van der Waals surface area contributed by atoms with Gasteiger partial charge in [0, 0.05) is 12.0 Å². The van der Waals surface area contributed by atoms with Crippen molar-refractivity contribution in [2.45, 2.75) is 59.4 Å². The lowest BCUT2D eigenvalue weighted by Crippen LogP contribution is -2.67. The molecule has 1 fully saturated rings. The van der Waals surface area contributed by atoms with Crippen molar-refractivity contribution in [1.29, 1.82) is 0 Å². The van der Waals surface area contributed by atoms with Gasteiger partial charge in [0.05, 0.1) is 0 Å². The van der Waals surface area contributed by atoms with E-state index >= 15 is 0 Å². The molecular weight excluding hydrogens is 260 g/mol. The molecule has 0 spiro atoms. The second-order valence-corrected chi connectivity index (χ2v) is 6.99. The fourth-order valence-corrected chi connectivity index (χ4v) is 3.54. The van der Waals surface area contributed by atoms with Gasteiger partial charge in [0.1, 0.15) is 5.54 Å². The van der Waals surface area contributed by atoms with Crippen molar-refractivity contribution in [2.24, 2.45) is 16.6 Å². The van der Waals surface area contributed by atoms with Crippen LogP contribution in [0.5, 0.6) is 0 Å². The molecule has 0 bridgehead atoms. The maximum absolute atomic E-state index is 12.3. The zero-order valence-electron chi connectivity index (χ0n) is 12.6. The lowest BCUT2D eigenvalue weighted by Gasteiger charge is -2.55. The highest BCUT2D eigenvalue weighted by Crippen LogP contribution is 2.54. The highest BCUT2D eigenvalue weighted by molar-refractivity contribution is 7.79. The van der Waals surface area contributed by atoms with Gasteiger partial charge < -0.3 is 15.7 Å². The molecule has 1 heterocycles. The molecule has 5 heteroatoms. The molecule has 0 saturated carbocycles. The Bertz CT molecular complexity index is 393. The molecule has 1 amide bonds. The predicted molar refractivity (Wildman–Crippen MR) is 80.9 cm³/mol. The number of likely N-dealkylation sites (tertiary alicyclic amines) is 1.